The zero-order valence-corrected chi connectivity index (χ0v) is 17.0. The Balaban J connectivity index is 1.79. The van der Waals surface area contributed by atoms with Gasteiger partial charge in [-0.1, -0.05) is 38.4 Å². The van der Waals surface area contributed by atoms with Crippen molar-refractivity contribution >= 4 is 24.8 Å². The van der Waals surface area contributed by atoms with Gasteiger partial charge in [-0.2, -0.15) is 0 Å². The summed E-state index contributed by atoms with van der Waals surface area (Å²) in [6.45, 7) is 10.4. The molecule has 0 saturated heterocycles. The average Bonchev–Trinajstić information content (AvgIpc) is 3.48. The van der Waals surface area contributed by atoms with E-state index in [4.69, 9.17) is 4.65 Å². The monoisotopic (exact) mass is 369 g/mol. The van der Waals surface area contributed by atoms with Gasteiger partial charge in [0.2, 0.25) is 0 Å². The molecule has 2 N–H and O–H groups in total. The highest BCUT2D eigenvalue weighted by Gasteiger charge is 2.33. The van der Waals surface area contributed by atoms with E-state index in [1.807, 2.05) is 13.8 Å². The van der Waals surface area contributed by atoms with Gasteiger partial charge in [0.25, 0.3) is 11.8 Å². The molecule has 2 saturated carbocycles. The van der Waals surface area contributed by atoms with Crippen molar-refractivity contribution in [2.24, 2.45) is 5.41 Å². The lowest BCUT2D eigenvalue weighted by molar-refractivity contribution is 0.00504. The summed E-state index contributed by atoms with van der Waals surface area (Å²) in [5.74, 6) is -0.272. The molecule has 145 valence electrons. The molecule has 3 rings (SSSR count). The maximum atomic E-state index is 12.5. The van der Waals surface area contributed by atoms with Crippen LogP contribution in [0.4, 0.5) is 0 Å². The Morgan fingerprint density at radius 2 is 1.33 bits per heavy atom. The lowest BCUT2D eigenvalue weighted by Gasteiger charge is -2.39. The Labute approximate surface area is 162 Å². The molecule has 6 heteroatoms. The largest absolute Gasteiger partial charge is 0.429 e. The van der Waals surface area contributed by atoms with Crippen LogP contribution >= 0.6 is 0 Å². The number of carbonyl (C=O) groups is 2. The molecule has 0 heterocycles. The third kappa shape index (κ3) is 5.35. The molecule has 1 aromatic rings. The van der Waals surface area contributed by atoms with E-state index in [1.165, 1.54) is 0 Å². The summed E-state index contributed by atoms with van der Waals surface area (Å²) in [6, 6.07) is 5.77. The first-order valence-electron chi connectivity index (χ1n) is 9.83. The fourth-order valence-corrected chi connectivity index (χ4v) is 2.37. The second kappa shape index (κ2) is 7.31. The van der Waals surface area contributed by atoms with E-state index in [1.54, 1.807) is 25.7 Å². The Morgan fingerprint density at radius 3 is 1.70 bits per heavy atom. The van der Waals surface area contributed by atoms with E-state index in [0.717, 1.165) is 31.1 Å². The van der Waals surface area contributed by atoms with Crippen molar-refractivity contribution in [2.75, 3.05) is 0 Å². The van der Waals surface area contributed by atoms with E-state index >= 15 is 0 Å². The number of carbonyl (C=O) groups excluding carboxylic acids is 2. The minimum Gasteiger partial charge on any atom is -0.429 e. The van der Waals surface area contributed by atoms with Crippen molar-refractivity contribution in [3.8, 4) is 0 Å². The van der Waals surface area contributed by atoms with E-state index in [9.17, 15) is 9.59 Å². The third-order valence-corrected chi connectivity index (χ3v) is 5.60. The minimum absolute atomic E-state index is 0.0589. The number of amides is 2. The number of benzene rings is 1. The summed E-state index contributed by atoms with van der Waals surface area (Å²) in [5.41, 5.74) is 1.26. The van der Waals surface area contributed by atoms with Crippen LogP contribution < -0.4 is 16.1 Å². The quantitative estimate of drug-likeness (QED) is 0.726. The molecule has 0 aliphatic heterocycles. The SMILES string of the molecule is CC(C)(C)C(C)(C)O[B]c1cc(C(=O)NC2CC2)cc(C(=O)NC2CC2)c1. The summed E-state index contributed by atoms with van der Waals surface area (Å²) in [4.78, 5) is 25.0. The Morgan fingerprint density at radius 1 is 0.889 bits per heavy atom. The molecule has 2 amide bonds. The highest BCUT2D eigenvalue weighted by Crippen LogP contribution is 2.32. The van der Waals surface area contributed by atoms with Crippen LogP contribution in [-0.2, 0) is 4.65 Å². The molecular weight excluding hydrogens is 339 g/mol. The van der Waals surface area contributed by atoms with Crippen molar-refractivity contribution in [1.82, 2.24) is 10.6 Å². The highest BCUT2D eigenvalue weighted by atomic mass is 16.5. The highest BCUT2D eigenvalue weighted by molar-refractivity contribution is 6.47. The van der Waals surface area contributed by atoms with Crippen LogP contribution in [0.1, 0.15) is 81.0 Å². The van der Waals surface area contributed by atoms with Gasteiger partial charge in [-0.25, -0.2) is 0 Å². The lowest BCUT2D eigenvalue weighted by atomic mass is 9.76. The minimum atomic E-state index is -0.393. The molecule has 27 heavy (non-hydrogen) atoms. The normalized spacial score (nSPS) is 17.4. The summed E-state index contributed by atoms with van der Waals surface area (Å²) >= 11 is 0. The molecule has 1 aromatic carbocycles. The van der Waals surface area contributed by atoms with Gasteiger partial charge < -0.3 is 15.3 Å². The van der Waals surface area contributed by atoms with Crippen LogP contribution in [0.2, 0.25) is 0 Å². The Bertz CT molecular complexity index is 687. The molecule has 0 spiro atoms. The third-order valence-electron chi connectivity index (χ3n) is 5.60. The summed E-state index contributed by atoms with van der Waals surface area (Å²) in [6.07, 6.45) is 4.09. The molecule has 1 radical (unpaired) electrons. The van der Waals surface area contributed by atoms with Crippen molar-refractivity contribution < 1.29 is 14.2 Å². The second-order valence-electron chi connectivity index (χ2n) is 9.34. The zero-order chi connectivity index (χ0) is 19.8. The summed E-state index contributed by atoms with van der Waals surface area (Å²) in [5, 5.41) is 5.98. The summed E-state index contributed by atoms with van der Waals surface area (Å²) in [7, 11) is 1.66. The number of hydrogen-bond donors (Lipinski definition) is 2. The van der Waals surface area contributed by atoms with Crippen molar-refractivity contribution in [2.45, 2.75) is 78.0 Å². The molecule has 0 bridgehead atoms. The average molecular weight is 369 g/mol. The van der Waals surface area contributed by atoms with Crippen molar-refractivity contribution in [3.05, 3.63) is 29.3 Å². The van der Waals surface area contributed by atoms with Crippen molar-refractivity contribution in [1.29, 1.82) is 0 Å². The predicted octanol–water partition coefficient (Wildman–Crippen LogP) is 2.56. The molecule has 2 fully saturated rings. The maximum Gasteiger partial charge on any atom is 0.330 e. The smallest absolute Gasteiger partial charge is 0.330 e. The van der Waals surface area contributed by atoms with Gasteiger partial charge in [-0.15, -0.1) is 0 Å². The Hall–Kier alpha value is -1.82. The molecule has 2 aliphatic rings. The lowest BCUT2D eigenvalue weighted by Crippen LogP contribution is -2.43. The van der Waals surface area contributed by atoms with Gasteiger partial charge in [-0.3, -0.25) is 9.59 Å². The van der Waals surface area contributed by atoms with Gasteiger partial charge in [-0.05, 0) is 51.0 Å². The molecule has 2 aliphatic carbocycles. The maximum absolute atomic E-state index is 12.5. The van der Waals surface area contributed by atoms with Gasteiger partial charge in [0.05, 0.1) is 5.60 Å². The molecule has 0 unspecified atom stereocenters. The van der Waals surface area contributed by atoms with E-state index in [-0.39, 0.29) is 29.3 Å². The fourth-order valence-electron chi connectivity index (χ4n) is 2.37. The molecule has 0 atom stereocenters. The molecular formula is C21H30BN2O3. The van der Waals surface area contributed by atoms with Crippen LogP contribution in [0.3, 0.4) is 0 Å². The van der Waals surface area contributed by atoms with Crippen LogP contribution in [-0.4, -0.2) is 37.0 Å². The van der Waals surface area contributed by atoms with E-state index in [0.29, 0.717) is 11.1 Å². The van der Waals surface area contributed by atoms with Crippen LogP contribution in [0.25, 0.3) is 0 Å². The fraction of sp³-hybridized carbons (Fsp3) is 0.619. The van der Waals surface area contributed by atoms with Gasteiger partial charge in [0.15, 0.2) is 0 Å². The van der Waals surface area contributed by atoms with Crippen LogP contribution in [0, 0.1) is 5.41 Å². The van der Waals surface area contributed by atoms with Crippen LogP contribution in [0.15, 0.2) is 18.2 Å². The predicted molar refractivity (Wildman–Crippen MR) is 107 cm³/mol. The second-order valence-corrected chi connectivity index (χ2v) is 9.34. The summed E-state index contributed by atoms with van der Waals surface area (Å²) < 4.78 is 6.05. The number of nitrogens with one attached hydrogen (secondary N) is 2. The standard InChI is InChI=1S/C21H30BN2O3/c1-20(2,3)21(4,5)27-22-15-11-13(18(25)23-16-6-7-16)10-14(12-15)19(26)24-17-8-9-17/h10-12,16-17H,6-9H2,1-5H3,(H,23,25)(H,24,26). The zero-order valence-electron chi connectivity index (χ0n) is 17.0. The van der Waals surface area contributed by atoms with E-state index < -0.39 is 5.60 Å². The van der Waals surface area contributed by atoms with Gasteiger partial charge in [0, 0.05) is 23.2 Å². The molecule has 5 nitrogen and oxygen atoms in total. The Kier molecular flexibility index (Phi) is 5.39. The number of hydrogen-bond acceptors (Lipinski definition) is 3. The first-order chi connectivity index (χ1) is 12.5. The first kappa shape index (κ1) is 19.9. The van der Waals surface area contributed by atoms with Crippen molar-refractivity contribution in [3.63, 3.8) is 0 Å². The van der Waals surface area contributed by atoms with Crippen LogP contribution in [0.5, 0.6) is 0 Å². The van der Waals surface area contributed by atoms with Gasteiger partial charge >= 0.3 is 7.48 Å². The van der Waals surface area contributed by atoms with E-state index in [2.05, 4.69) is 31.4 Å². The number of rotatable bonds is 7. The first-order valence-corrected chi connectivity index (χ1v) is 9.83. The topological polar surface area (TPSA) is 67.4 Å². The van der Waals surface area contributed by atoms with Gasteiger partial charge in [0.1, 0.15) is 0 Å². The molecule has 0 aromatic heterocycles.